The van der Waals surface area contributed by atoms with Gasteiger partial charge in [-0.3, -0.25) is 14.9 Å². The minimum atomic E-state index is -0.673. The highest BCUT2D eigenvalue weighted by Crippen LogP contribution is 2.16. The Bertz CT molecular complexity index is 665. The Morgan fingerprint density at radius 3 is 2.60 bits per heavy atom. The lowest BCUT2D eigenvalue weighted by Crippen LogP contribution is -2.50. The maximum Gasteiger partial charge on any atom is 0.252 e. The zero-order chi connectivity index (χ0) is 17.8. The van der Waals surface area contributed by atoms with E-state index in [1.807, 2.05) is 0 Å². The molecule has 8 nitrogen and oxygen atoms in total. The van der Waals surface area contributed by atoms with E-state index in [0.717, 1.165) is 31.9 Å². The van der Waals surface area contributed by atoms with Gasteiger partial charge >= 0.3 is 0 Å². The fraction of sp³-hybridized carbons (Fsp3) is 0.471. The van der Waals surface area contributed by atoms with Gasteiger partial charge in [0.25, 0.3) is 5.91 Å². The van der Waals surface area contributed by atoms with Crippen molar-refractivity contribution in [1.82, 2.24) is 15.1 Å². The van der Waals surface area contributed by atoms with E-state index in [-0.39, 0.29) is 18.2 Å². The Morgan fingerprint density at radius 1 is 1.28 bits per heavy atom. The highest BCUT2D eigenvalue weighted by atomic mass is 16.5. The number of methoxy groups -OCH3 is 1. The van der Waals surface area contributed by atoms with Crippen LogP contribution in [0.4, 0.5) is 5.69 Å². The first-order chi connectivity index (χ1) is 12.0. The summed E-state index contributed by atoms with van der Waals surface area (Å²) in [6, 6.07) is 6.37. The van der Waals surface area contributed by atoms with Gasteiger partial charge in [-0.1, -0.05) is 0 Å². The second-order valence-electron chi connectivity index (χ2n) is 6.23. The third-order valence-corrected chi connectivity index (χ3v) is 4.37. The summed E-state index contributed by atoms with van der Waals surface area (Å²) in [7, 11) is 3.65. The first-order valence-corrected chi connectivity index (χ1v) is 8.31. The predicted octanol–water partition coefficient (Wildman–Crippen LogP) is 0.126. The summed E-state index contributed by atoms with van der Waals surface area (Å²) >= 11 is 0. The van der Waals surface area contributed by atoms with Gasteiger partial charge in [0, 0.05) is 31.9 Å². The van der Waals surface area contributed by atoms with Gasteiger partial charge in [-0.15, -0.1) is 0 Å². The number of rotatable bonds is 4. The van der Waals surface area contributed by atoms with Crippen LogP contribution in [-0.4, -0.2) is 74.0 Å². The number of carbonyl (C=O) groups is 2. The van der Waals surface area contributed by atoms with Gasteiger partial charge in [-0.25, -0.2) is 4.99 Å². The Balaban J connectivity index is 1.56. The van der Waals surface area contributed by atoms with Gasteiger partial charge in [-0.05, 0) is 31.3 Å². The standard InChI is InChI=1S/C17H23N5O3/c1-21-7-9-22(10-8-21)17-19-14(16(24)20-17)11-15(23)18-12-3-5-13(25-2)6-4-12/h3-6,14H,7-11H2,1-2H3,(H,18,23)(H,19,20,24). The molecular formula is C17H23N5O3. The van der Waals surface area contributed by atoms with E-state index < -0.39 is 6.04 Å². The smallest absolute Gasteiger partial charge is 0.252 e. The Morgan fingerprint density at radius 2 is 1.96 bits per heavy atom. The molecule has 3 rings (SSSR count). The summed E-state index contributed by atoms with van der Waals surface area (Å²) in [6.07, 6.45) is 0.0229. The first kappa shape index (κ1) is 17.2. The summed E-state index contributed by atoms with van der Waals surface area (Å²) in [5.74, 6) is 0.836. The van der Waals surface area contributed by atoms with Crippen LogP contribution in [0, 0.1) is 0 Å². The molecule has 134 valence electrons. The van der Waals surface area contributed by atoms with E-state index in [9.17, 15) is 9.59 Å². The predicted molar refractivity (Wildman–Crippen MR) is 94.7 cm³/mol. The molecule has 2 heterocycles. The van der Waals surface area contributed by atoms with Crippen LogP contribution in [0.2, 0.25) is 0 Å². The second-order valence-corrected chi connectivity index (χ2v) is 6.23. The van der Waals surface area contributed by atoms with Gasteiger partial charge in [0.1, 0.15) is 11.8 Å². The lowest BCUT2D eigenvalue weighted by Gasteiger charge is -2.33. The molecule has 0 spiro atoms. The molecule has 0 bridgehead atoms. The number of nitrogens with one attached hydrogen (secondary N) is 2. The minimum absolute atomic E-state index is 0.0229. The zero-order valence-corrected chi connectivity index (χ0v) is 14.5. The lowest BCUT2D eigenvalue weighted by atomic mass is 10.2. The number of amides is 2. The Kier molecular flexibility index (Phi) is 5.18. The fourth-order valence-electron chi connectivity index (χ4n) is 2.81. The second kappa shape index (κ2) is 7.52. The number of nitrogens with zero attached hydrogens (tertiary/aromatic N) is 3. The molecule has 1 aromatic carbocycles. The first-order valence-electron chi connectivity index (χ1n) is 8.31. The van der Waals surface area contributed by atoms with Crippen molar-refractivity contribution in [3.05, 3.63) is 24.3 Å². The topological polar surface area (TPSA) is 86.3 Å². The Hall–Kier alpha value is -2.61. The normalized spacial score (nSPS) is 20.9. The average molecular weight is 345 g/mol. The molecule has 1 unspecified atom stereocenters. The van der Waals surface area contributed by atoms with Crippen LogP contribution in [0.3, 0.4) is 0 Å². The van der Waals surface area contributed by atoms with Crippen molar-refractivity contribution in [1.29, 1.82) is 0 Å². The van der Waals surface area contributed by atoms with E-state index in [4.69, 9.17) is 4.74 Å². The van der Waals surface area contributed by atoms with Crippen molar-refractivity contribution in [3.8, 4) is 5.75 Å². The number of aliphatic imine (C=N–C) groups is 1. The summed E-state index contributed by atoms with van der Waals surface area (Å²) in [5.41, 5.74) is 0.660. The largest absolute Gasteiger partial charge is 0.497 e. The molecule has 0 aromatic heterocycles. The molecule has 2 N–H and O–H groups in total. The SMILES string of the molecule is COc1ccc(NC(=O)CC2N=C(N3CCN(C)CC3)NC2=O)cc1. The van der Waals surface area contributed by atoms with E-state index in [1.54, 1.807) is 31.4 Å². The van der Waals surface area contributed by atoms with Gasteiger partial charge < -0.3 is 19.9 Å². The monoisotopic (exact) mass is 345 g/mol. The maximum atomic E-state index is 12.2. The molecule has 1 saturated heterocycles. The molecule has 0 radical (unpaired) electrons. The molecule has 1 aromatic rings. The van der Waals surface area contributed by atoms with Crippen LogP contribution >= 0.6 is 0 Å². The summed E-state index contributed by atoms with van der Waals surface area (Å²) in [6.45, 7) is 3.50. The molecule has 2 aliphatic rings. The fourth-order valence-corrected chi connectivity index (χ4v) is 2.81. The molecule has 1 fully saturated rings. The van der Waals surface area contributed by atoms with Crippen LogP contribution in [-0.2, 0) is 9.59 Å². The Labute approximate surface area is 146 Å². The highest BCUT2D eigenvalue weighted by molar-refractivity contribution is 6.07. The van der Waals surface area contributed by atoms with E-state index in [2.05, 4.69) is 32.5 Å². The van der Waals surface area contributed by atoms with Crippen molar-refractivity contribution in [3.63, 3.8) is 0 Å². The molecule has 8 heteroatoms. The van der Waals surface area contributed by atoms with Crippen molar-refractivity contribution < 1.29 is 14.3 Å². The molecule has 0 saturated carbocycles. The summed E-state index contributed by atoms with van der Waals surface area (Å²) in [4.78, 5) is 33.0. The minimum Gasteiger partial charge on any atom is -0.497 e. The number of benzene rings is 1. The third kappa shape index (κ3) is 4.27. The number of guanidine groups is 1. The van der Waals surface area contributed by atoms with Crippen molar-refractivity contribution in [2.45, 2.75) is 12.5 Å². The van der Waals surface area contributed by atoms with Crippen molar-refractivity contribution in [2.24, 2.45) is 4.99 Å². The molecule has 2 amide bonds. The van der Waals surface area contributed by atoms with Crippen LogP contribution < -0.4 is 15.4 Å². The highest BCUT2D eigenvalue weighted by Gasteiger charge is 2.31. The van der Waals surface area contributed by atoms with Gasteiger partial charge in [0.15, 0.2) is 0 Å². The quantitative estimate of drug-likeness (QED) is 0.810. The van der Waals surface area contributed by atoms with Gasteiger partial charge in [-0.2, -0.15) is 0 Å². The number of piperazine rings is 1. The molecule has 2 aliphatic heterocycles. The third-order valence-electron chi connectivity index (χ3n) is 4.37. The number of anilines is 1. The van der Waals surface area contributed by atoms with Crippen molar-refractivity contribution >= 4 is 23.5 Å². The van der Waals surface area contributed by atoms with Crippen LogP contribution in [0.5, 0.6) is 5.75 Å². The molecule has 0 aliphatic carbocycles. The molecule has 25 heavy (non-hydrogen) atoms. The van der Waals surface area contributed by atoms with E-state index >= 15 is 0 Å². The van der Waals surface area contributed by atoms with E-state index in [0.29, 0.717) is 11.6 Å². The zero-order valence-electron chi connectivity index (χ0n) is 14.5. The van der Waals surface area contributed by atoms with Crippen LogP contribution in [0.1, 0.15) is 6.42 Å². The maximum absolute atomic E-state index is 12.2. The van der Waals surface area contributed by atoms with Crippen molar-refractivity contribution in [2.75, 3.05) is 45.7 Å². The van der Waals surface area contributed by atoms with Gasteiger partial charge in [0.05, 0.1) is 13.5 Å². The lowest BCUT2D eigenvalue weighted by molar-refractivity contribution is -0.124. The number of hydrogen-bond acceptors (Lipinski definition) is 6. The van der Waals surface area contributed by atoms with E-state index in [1.165, 1.54) is 0 Å². The number of hydrogen-bond donors (Lipinski definition) is 2. The molecule has 1 atom stereocenters. The molecular weight excluding hydrogens is 322 g/mol. The number of carbonyl (C=O) groups excluding carboxylic acids is 2. The average Bonchev–Trinajstić information content (AvgIpc) is 2.96. The number of ether oxygens (including phenoxy) is 1. The summed E-state index contributed by atoms with van der Waals surface area (Å²) in [5, 5.41) is 5.57. The summed E-state index contributed by atoms with van der Waals surface area (Å²) < 4.78 is 5.08. The van der Waals surface area contributed by atoms with Gasteiger partial charge in [0.2, 0.25) is 11.9 Å². The number of likely N-dealkylation sites (N-methyl/N-ethyl adjacent to an activating group) is 1. The van der Waals surface area contributed by atoms with Crippen LogP contribution in [0.25, 0.3) is 0 Å². The van der Waals surface area contributed by atoms with Crippen LogP contribution in [0.15, 0.2) is 29.3 Å².